The van der Waals surface area contributed by atoms with Crippen molar-refractivity contribution in [3.63, 3.8) is 0 Å². The van der Waals surface area contributed by atoms with Gasteiger partial charge in [0.25, 0.3) is 5.91 Å². The van der Waals surface area contributed by atoms with E-state index in [4.69, 9.17) is 4.52 Å². The Kier molecular flexibility index (Phi) is 4.77. The largest absolute Gasteiger partial charge is 0.339 e. The second-order valence-corrected chi connectivity index (χ2v) is 7.58. The van der Waals surface area contributed by atoms with Gasteiger partial charge in [-0.05, 0) is 44.9 Å². The Bertz CT molecular complexity index is 974. The fourth-order valence-electron chi connectivity index (χ4n) is 3.34. The van der Waals surface area contributed by atoms with Crippen LogP contribution in [-0.4, -0.2) is 49.0 Å². The molecule has 0 N–H and O–H groups in total. The lowest BCUT2D eigenvalue weighted by molar-refractivity contribution is 0.0697. The number of aryl methyl sites for hydroxylation is 1. The number of nitrogens with zero attached hydrogens (tertiary/aromatic N) is 6. The van der Waals surface area contributed by atoms with Crippen LogP contribution in [0.25, 0.3) is 5.69 Å². The van der Waals surface area contributed by atoms with Crippen LogP contribution in [0, 0.1) is 13.8 Å². The van der Waals surface area contributed by atoms with Gasteiger partial charge in [-0.25, -0.2) is 4.68 Å². The van der Waals surface area contributed by atoms with E-state index in [2.05, 4.69) is 36.4 Å². The molecular weight excluding hydrogens is 412 g/mol. The normalized spacial score (nSPS) is 15.3. The van der Waals surface area contributed by atoms with Crippen LogP contribution in [0.5, 0.6) is 0 Å². The first-order valence-electron chi connectivity index (χ1n) is 8.80. The van der Waals surface area contributed by atoms with E-state index in [9.17, 15) is 4.79 Å². The minimum atomic E-state index is -0.0890. The van der Waals surface area contributed by atoms with Crippen molar-refractivity contribution in [3.05, 3.63) is 51.8 Å². The molecular formula is C18H19BrN6O2. The molecule has 1 aliphatic heterocycles. The third-order valence-electron chi connectivity index (χ3n) is 4.82. The summed E-state index contributed by atoms with van der Waals surface area (Å²) < 4.78 is 7.90. The summed E-state index contributed by atoms with van der Waals surface area (Å²) in [5.74, 6) is 1.42. The number of hydrogen-bond donors (Lipinski definition) is 0. The third-order valence-corrected chi connectivity index (χ3v) is 5.32. The second kappa shape index (κ2) is 7.22. The highest BCUT2D eigenvalue weighted by Crippen LogP contribution is 2.27. The van der Waals surface area contributed by atoms with Crippen molar-refractivity contribution in [2.75, 3.05) is 13.1 Å². The number of benzene rings is 1. The number of carbonyl (C=O) groups excluding carboxylic acids is 1. The fraction of sp³-hybridized carbons (Fsp3) is 0.389. The Morgan fingerprint density at radius 2 is 2.04 bits per heavy atom. The molecule has 0 aliphatic carbocycles. The molecule has 9 heteroatoms. The maximum Gasteiger partial charge on any atom is 0.276 e. The summed E-state index contributed by atoms with van der Waals surface area (Å²) >= 11 is 3.45. The molecule has 4 rings (SSSR count). The summed E-state index contributed by atoms with van der Waals surface area (Å²) in [6, 6.07) is 7.73. The summed E-state index contributed by atoms with van der Waals surface area (Å²) in [4.78, 5) is 19.1. The number of halogens is 1. The number of likely N-dealkylation sites (tertiary alicyclic amines) is 1. The standard InChI is InChI=1S/C18H19BrN6O2/c1-11-16(21-23-25(11)15-5-3-4-14(19)10-15)18(26)24-8-6-13(7-9-24)17-20-12(2)22-27-17/h3-5,10,13H,6-9H2,1-2H3. The second-order valence-electron chi connectivity index (χ2n) is 6.66. The molecule has 1 fully saturated rings. The molecule has 0 unspecified atom stereocenters. The predicted molar refractivity (Wildman–Crippen MR) is 101 cm³/mol. The SMILES string of the molecule is Cc1noc(C2CCN(C(=O)c3nnn(-c4cccc(Br)c4)c3C)CC2)n1. The molecule has 1 saturated heterocycles. The zero-order valence-electron chi connectivity index (χ0n) is 15.1. The van der Waals surface area contributed by atoms with E-state index < -0.39 is 0 Å². The van der Waals surface area contributed by atoms with E-state index in [0.717, 1.165) is 28.7 Å². The molecule has 2 aromatic heterocycles. The van der Waals surface area contributed by atoms with Gasteiger partial charge in [-0.2, -0.15) is 4.98 Å². The van der Waals surface area contributed by atoms with Crippen LogP contribution < -0.4 is 0 Å². The molecule has 140 valence electrons. The quantitative estimate of drug-likeness (QED) is 0.633. The van der Waals surface area contributed by atoms with Gasteiger partial charge in [-0.15, -0.1) is 5.10 Å². The number of piperidine rings is 1. The Morgan fingerprint density at radius 3 is 2.70 bits per heavy atom. The van der Waals surface area contributed by atoms with Crippen LogP contribution in [0.3, 0.4) is 0 Å². The van der Waals surface area contributed by atoms with E-state index in [-0.39, 0.29) is 11.8 Å². The van der Waals surface area contributed by atoms with E-state index in [1.54, 1.807) is 4.68 Å². The van der Waals surface area contributed by atoms with Crippen molar-refractivity contribution in [3.8, 4) is 5.69 Å². The first-order chi connectivity index (χ1) is 13.0. The highest BCUT2D eigenvalue weighted by Gasteiger charge is 2.30. The fourth-order valence-corrected chi connectivity index (χ4v) is 3.73. The molecule has 0 bridgehead atoms. The minimum absolute atomic E-state index is 0.0890. The molecule has 0 spiro atoms. The van der Waals surface area contributed by atoms with Crippen LogP contribution in [0.2, 0.25) is 0 Å². The monoisotopic (exact) mass is 430 g/mol. The van der Waals surface area contributed by atoms with E-state index in [1.807, 2.05) is 43.0 Å². The average Bonchev–Trinajstić information content (AvgIpc) is 3.27. The first kappa shape index (κ1) is 17.8. The van der Waals surface area contributed by atoms with Gasteiger partial charge in [0.05, 0.1) is 11.4 Å². The Labute approximate surface area is 164 Å². The van der Waals surface area contributed by atoms with Crippen molar-refractivity contribution in [2.24, 2.45) is 0 Å². The molecule has 1 aromatic carbocycles. The molecule has 0 atom stereocenters. The van der Waals surface area contributed by atoms with Crippen LogP contribution in [0.15, 0.2) is 33.3 Å². The smallest absolute Gasteiger partial charge is 0.276 e. The van der Waals surface area contributed by atoms with Crippen molar-refractivity contribution in [1.29, 1.82) is 0 Å². The average molecular weight is 431 g/mol. The zero-order valence-corrected chi connectivity index (χ0v) is 16.7. The number of amides is 1. The van der Waals surface area contributed by atoms with Crippen LogP contribution in [0.1, 0.15) is 46.7 Å². The predicted octanol–water partition coefficient (Wildman–Crippen LogP) is 3.05. The van der Waals surface area contributed by atoms with Crippen molar-refractivity contribution in [2.45, 2.75) is 32.6 Å². The summed E-state index contributed by atoms with van der Waals surface area (Å²) in [6.07, 6.45) is 1.60. The van der Waals surface area contributed by atoms with Gasteiger partial charge in [0.15, 0.2) is 11.5 Å². The van der Waals surface area contributed by atoms with Crippen molar-refractivity contribution in [1.82, 2.24) is 30.0 Å². The number of carbonyl (C=O) groups is 1. The zero-order chi connectivity index (χ0) is 19.0. The number of hydrogen-bond acceptors (Lipinski definition) is 6. The van der Waals surface area contributed by atoms with Crippen LogP contribution >= 0.6 is 15.9 Å². The Hall–Kier alpha value is -2.55. The molecule has 3 aromatic rings. The van der Waals surface area contributed by atoms with E-state index in [1.165, 1.54) is 0 Å². The molecule has 1 aliphatic rings. The summed E-state index contributed by atoms with van der Waals surface area (Å²) in [7, 11) is 0. The van der Waals surface area contributed by atoms with Gasteiger partial charge in [0.2, 0.25) is 5.89 Å². The molecule has 3 heterocycles. The van der Waals surface area contributed by atoms with Gasteiger partial charge in [0, 0.05) is 23.5 Å². The minimum Gasteiger partial charge on any atom is -0.339 e. The molecule has 0 radical (unpaired) electrons. The van der Waals surface area contributed by atoms with Gasteiger partial charge in [0.1, 0.15) is 0 Å². The van der Waals surface area contributed by atoms with Gasteiger partial charge in [-0.1, -0.05) is 32.4 Å². The third kappa shape index (κ3) is 3.51. The maximum atomic E-state index is 12.9. The summed E-state index contributed by atoms with van der Waals surface area (Å²) in [6.45, 7) is 4.94. The maximum absolute atomic E-state index is 12.9. The number of aromatic nitrogens is 5. The van der Waals surface area contributed by atoms with E-state index >= 15 is 0 Å². The highest BCUT2D eigenvalue weighted by atomic mass is 79.9. The molecule has 1 amide bonds. The van der Waals surface area contributed by atoms with Crippen molar-refractivity contribution < 1.29 is 9.32 Å². The van der Waals surface area contributed by atoms with Gasteiger partial charge >= 0.3 is 0 Å². The molecule has 8 nitrogen and oxygen atoms in total. The van der Waals surface area contributed by atoms with Gasteiger partial charge < -0.3 is 9.42 Å². The van der Waals surface area contributed by atoms with Crippen molar-refractivity contribution >= 4 is 21.8 Å². The number of rotatable bonds is 3. The van der Waals surface area contributed by atoms with E-state index in [0.29, 0.717) is 30.5 Å². The Morgan fingerprint density at radius 1 is 1.26 bits per heavy atom. The molecule has 27 heavy (non-hydrogen) atoms. The summed E-state index contributed by atoms with van der Waals surface area (Å²) in [5.41, 5.74) is 1.98. The topological polar surface area (TPSA) is 89.9 Å². The Balaban J connectivity index is 1.48. The highest BCUT2D eigenvalue weighted by molar-refractivity contribution is 9.10. The first-order valence-corrected chi connectivity index (χ1v) is 9.60. The molecule has 0 saturated carbocycles. The van der Waals surface area contributed by atoms with Crippen LogP contribution in [0.4, 0.5) is 0 Å². The lowest BCUT2D eigenvalue weighted by Gasteiger charge is -2.29. The van der Waals surface area contributed by atoms with Crippen LogP contribution in [-0.2, 0) is 0 Å². The van der Waals surface area contributed by atoms with Gasteiger partial charge in [-0.3, -0.25) is 4.79 Å². The lowest BCUT2D eigenvalue weighted by Crippen LogP contribution is -2.38. The summed E-state index contributed by atoms with van der Waals surface area (Å²) in [5, 5.41) is 12.2. The lowest BCUT2D eigenvalue weighted by atomic mass is 9.96.